The Bertz CT molecular complexity index is 532. The Morgan fingerprint density at radius 2 is 1.78 bits per heavy atom. The average Bonchev–Trinajstić information content (AvgIpc) is 2.39. The molecular weight excluding hydrogens is 222 g/mol. The Morgan fingerprint density at radius 3 is 2.33 bits per heavy atom. The molecule has 0 radical (unpaired) electrons. The third kappa shape index (κ3) is 2.36. The molecular formula is C15H21N3. The number of nitrogens with one attached hydrogen (secondary N) is 1. The van der Waals surface area contributed by atoms with Crippen molar-refractivity contribution in [2.75, 3.05) is 7.05 Å². The Balaban J connectivity index is 2.47. The minimum absolute atomic E-state index is 0.372. The van der Waals surface area contributed by atoms with Gasteiger partial charge in [-0.3, -0.25) is 0 Å². The van der Waals surface area contributed by atoms with Crippen molar-refractivity contribution < 1.29 is 0 Å². The van der Waals surface area contributed by atoms with Crippen molar-refractivity contribution in [3.63, 3.8) is 0 Å². The average molecular weight is 243 g/mol. The van der Waals surface area contributed by atoms with Crippen molar-refractivity contribution >= 4 is 11.0 Å². The Labute approximate surface area is 109 Å². The van der Waals surface area contributed by atoms with E-state index in [4.69, 9.17) is 4.98 Å². The van der Waals surface area contributed by atoms with Gasteiger partial charge in [-0.05, 0) is 32.5 Å². The summed E-state index contributed by atoms with van der Waals surface area (Å²) in [6.07, 6.45) is 1.09. The van der Waals surface area contributed by atoms with Crippen LogP contribution in [0, 0.1) is 6.92 Å². The van der Waals surface area contributed by atoms with Gasteiger partial charge in [0, 0.05) is 12.0 Å². The first-order chi connectivity index (χ1) is 8.67. The largest absolute Gasteiger partial charge is 0.316 e. The highest BCUT2D eigenvalue weighted by atomic mass is 14.9. The molecule has 0 aliphatic carbocycles. The first-order valence-corrected chi connectivity index (χ1v) is 6.58. The van der Waals surface area contributed by atoms with Crippen LogP contribution in [0.15, 0.2) is 24.3 Å². The summed E-state index contributed by atoms with van der Waals surface area (Å²) in [5, 5.41) is 3.36. The number of likely N-dealkylation sites (N-methyl/N-ethyl adjacent to an activating group) is 1. The minimum atomic E-state index is 0.372. The van der Waals surface area contributed by atoms with Crippen molar-refractivity contribution in [2.24, 2.45) is 0 Å². The monoisotopic (exact) mass is 243 g/mol. The number of nitrogens with zero attached hydrogens (tertiary/aromatic N) is 2. The molecule has 2 atom stereocenters. The maximum absolute atomic E-state index is 4.79. The van der Waals surface area contributed by atoms with E-state index in [1.807, 2.05) is 38.2 Å². The third-order valence-electron chi connectivity index (χ3n) is 3.63. The molecule has 1 aromatic heterocycles. The van der Waals surface area contributed by atoms with Crippen LogP contribution in [-0.4, -0.2) is 23.1 Å². The maximum atomic E-state index is 4.79. The fraction of sp³-hybridized carbons (Fsp3) is 0.467. The zero-order chi connectivity index (χ0) is 13.1. The van der Waals surface area contributed by atoms with Gasteiger partial charge in [0.2, 0.25) is 0 Å². The summed E-state index contributed by atoms with van der Waals surface area (Å²) in [6.45, 7) is 6.46. The molecule has 3 heteroatoms. The lowest BCUT2D eigenvalue weighted by molar-refractivity contribution is 0.464. The van der Waals surface area contributed by atoms with Crippen LogP contribution in [0.25, 0.3) is 11.0 Å². The second-order valence-corrected chi connectivity index (χ2v) is 4.78. The number of fused-ring (bicyclic) bond motifs is 1. The predicted octanol–water partition coefficient (Wildman–Crippen LogP) is 3.04. The van der Waals surface area contributed by atoms with E-state index >= 15 is 0 Å². The quantitative estimate of drug-likeness (QED) is 0.897. The standard InChI is InChI=1S/C15H21N3/c1-5-12(16-4)10(2)15-11(3)17-13-8-6-7-9-14(13)18-15/h6-10,12,16H,5H2,1-4H3. The number of rotatable bonds is 4. The van der Waals surface area contributed by atoms with E-state index in [-0.39, 0.29) is 0 Å². The van der Waals surface area contributed by atoms with Gasteiger partial charge < -0.3 is 5.32 Å². The van der Waals surface area contributed by atoms with Gasteiger partial charge in [0.1, 0.15) is 0 Å². The molecule has 2 unspecified atom stereocenters. The van der Waals surface area contributed by atoms with Crippen LogP contribution < -0.4 is 5.32 Å². The number of benzene rings is 1. The number of aryl methyl sites for hydroxylation is 1. The molecule has 96 valence electrons. The normalized spacial score (nSPS) is 14.7. The molecule has 0 aliphatic rings. The van der Waals surface area contributed by atoms with Gasteiger partial charge in [0.05, 0.1) is 22.4 Å². The highest BCUT2D eigenvalue weighted by Gasteiger charge is 2.19. The third-order valence-corrected chi connectivity index (χ3v) is 3.63. The molecule has 0 aliphatic heterocycles. The molecule has 0 fully saturated rings. The van der Waals surface area contributed by atoms with Crippen LogP contribution in [0.4, 0.5) is 0 Å². The fourth-order valence-electron chi connectivity index (χ4n) is 2.53. The number of hydrogen-bond donors (Lipinski definition) is 1. The van der Waals surface area contributed by atoms with Crippen LogP contribution in [0.3, 0.4) is 0 Å². The minimum Gasteiger partial charge on any atom is -0.316 e. The second kappa shape index (κ2) is 5.44. The van der Waals surface area contributed by atoms with Crippen LogP contribution in [0.2, 0.25) is 0 Å². The van der Waals surface area contributed by atoms with Crippen molar-refractivity contribution in [2.45, 2.75) is 39.2 Å². The van der Waals surface area contributed by atoms with Gasteiger partial charge in [0.15, 0.2) is 0 Å². The SMILES string of the molecule is CCC(NC)C(C)c1nc2ccccc2nc1C. The van der Waals surface area contributed by atoms with Crippen molar-refractivity contribution in [3.05, 3.63) is 35.7 Å². The summed E-state index contributed by atoms with van der Waals surface area (Å²) in [6, 6.07) is 8.49. The summed E-state index contributed by atoms with van der Waals surface area (Å²) in [4.78, 5) is 9.45. The van der Waals surface area contributed by atoms with E-state index in [1.54, 1.807) is 0 Å². The molecule has 1 aromatic carbocycles. The summed E-state index contributed by atoms with van der Waals surface area (Å²) in [5.74, 6) is 0.372. The van der Waals surface area contributed by atoms with Crippen LogP contribution >= 0.6 is 0 Å². The lowest BCUT2D eigenvalue weighted by Crippen LogP contribution is -2.31. The first kappa shape index (κ1) is 13.0. The van der Waals surface area contributed by atoms with Crippen LogP contribution in [-0.2, 0) is 0 Å². The van der Waals surface area contributed by atoms with E-state index in [0.717, 1.165) is 28.8 Å². The second-order valence-electron chi connectivity index (χ2n) is 4.78. The molecule has 0 amide bonds. The molecule has 2 aromatic rings. The molecule has 1 N–H and O–H groups in total. The molecule has 0 spiro atoms. The van der Waals surface area contributed by atoms with E-state index in [1.165, 1.54) is 0 Å². The zero-order valence-corrected chi connectivity index (χ0v) is 11.6. The van der Waals surface area contributed by atoms with Gasteiger partial charge in [-0.25, -0.2) is 9.97 Å². The van der Waals surface area contributed by atoms with Crippen molar-refractivity contribution in [3.8, 4) is 0 Å². The predicted molar refractivity (Wildman–Crippen MR) is 75.8 cm³/mol. The highest BCUT2D eigenvalue weighted by molar-refractivity contribution is 5.74. The molecule has 1 heterocycles. The summed E-state index contributed by atoms with van der Waals surface area (Å²) in [7, 11) is 2.01. The first-order valence-electron chi connectivity index (χ1n) is 6.58. The number of aromatic nitrogens is 2. The topological polar surface area (TPSA) is 37.8 Å². The van der Waals surface area contributed by atoms with E-state index in [0.29, 0.717) is 12.0 Å². The number of hydrogen-bond acceptors (Lipinski definition) is 3. The molecule has 0 bridgehead atoms. The Morgan fingerprint density at radius 1 is 1.17 bits per heavy atom. The fourth-order valence-corrected chi connectivity index (χ4v) is 2.53. The summed E-state index contributed by atoms with van der Waals surface area (Å²) >= 11 is 0. The van der Waals surface area contributed by atoms with Gasteiger partial charge >= 0.3 is 0 Å². The van der Waals surface area contributed by atoms with Crippen LogP contribution in [0.1, 0.15) is 37.6 Å². The molecule has 3 nitrogen and oxygen atoms in total. The molecule has 0 saturated carbocycles. The number of para-hydroxylation sites is 2. The highest BCUT2D eigenvalue weighted by Crippen LogP contribution is 2.23. The summed E-state index contributed by atoms with van der Waals surface area (Å²) < 4.78 is 0. The molecule has 0 saturated heterocycles. The smallest absolute Gasteiger partial charge is 0.0890 e. The van der Waals surface area contributed by atoms with Crippen molar-refractivity contribution in [1.29, 1.82) is 0 Å². The lowest BCUT2D eigenvalue weighted by atomic mass is 9.94. The lowest BCUT2D eigenvalue weighted by Gasteiger charge is -2.23. The molecule has 18 heavy (non-hydrogen) atoms. The van der Waals surface area contributed by atoms with E-state index in [2.05, 4.69) is 24.1 Å². The van der Waals surface area contributed by atoms with E-state index < -0.39 is 0 Å². The van der Waals surface area contributed by atoms with Gasteiger partial charge in [0.25, 0.3) is 0 Å². The maximum Gasteiger partial charge on any atom is 0.0890 e. The Kier molecular flexibility index (Phi) is 3.92. The van der Waals surface area contributed by atoms with E-state index in [9.17, 15) is 0 Å². The van der Waals surface area contributed by atoms with Gasteiger partial charge in [-0.1, -0.05) is 26.0 Å². The van der Waals surface area contributed by atoms with Gasteiger partial charge in [-0.15, -0.1) is 0 Å². The molecule has 2 rings (SSSR count). The zero-order valence-electron chi connectivity index (χ0n) is 11.6. The Hall–Kier alpha value is -1.48. The van der Waals surface area contributed by atoms with Gasteiger partial charge in [-0.2, -0.15) is 0 Å². The summed E-state index contributed by atoms with van der Waals surface area (Å²) in [5.41, 5.74) is 4.10. The van der Waals surface area contributed by atoms with Crippen LogP contribution in [0.5, 0.6) is 0 Å². The van der Waals surface area contributed by atoms with Crippen molar-refractivity contribution in [1.82, 2.24) is 15.3 Å².